The molecule has 0 bridgehead atoms. The van der Waals surface area contributed by atoms with Crippen LogP contribution >= 0.6 is 11.3 Å². The maximum atomic E-state index is 4.44. The van der Waals surface area contributed by atoms with E-state index in [1.165, 1.54) is 47.7 Å². The molecule has 0 radical (unpaired) electrons. The van der Waals surface area contributed by atoms with Crippen LogP contribution in [-0.4, -0.2) is 14.5 Å². The molecule has 45 heavy (non-hydrogen) atoms. The van der Waals surface area contributed by atoms with Gasteiger partial charge >= 0.3 is 0 Å². The third-order valence-electron chi connectivity index (χ3n) is 9.03. The van der Waals surface area contributed by atoms with Crippen LogP contribution in [0, 0.1) is 0 Å². The number of para-hydroxylation sites is 3. The van der Waals surface area contributed by atoms with Crippen LogP contribution in [0.25, 0.3) is 69.9 Å². The molecule has 5 heteroatoms. The van der Waals surface area contributed by atoms with Gasteiger partial charge in [0.2, 0.25) is 0 Å². The predicted molar refractivity (Wildman–Crippen MR) is 188 cm³/mol. The first-order valence-electron chi connectivity index (χ1n) is 15.1. The molecule has 0 atom stereocenters. The largest absolute Gasteiger partial charge is 0.306 e. The van der Waals surface area contributed by atoms with E-state index >= 15 is 0 Å². The molecule has 1 aliphatic rings. The number of fused-ring (bicyclic) bond motifs is 8. The Hall–Kier alpha value is -5.78. The smallest absolute Gasteiger partial charge is 0.0783 e. The van der Waals surface area contributed by atoms with Gasteiger partial charge in [-0.25, -0.2) is 0 Å². The summed E-state index contributed by atoms with van der Waals surface area (Å²) in [6.07, 6.45) is 7.51. The summed E-state index contributed by atoms with van der Waals surface area (Å²) in [6.45, 7) is 0. The van der Waals surface area contributed by atoms with Crippen molar-refractivity contribution in [1.29, 1.82) is 0 Å². The second kappa shape index (κ2) is 9.36. The molecule has 0 amide bonds. The van der Waals surface area contributed by atoms with Gasteiger partial charge in [-0.2, -0.15) is 0 Å². The van der Waals surface area contributed by atoms with Crippen LogP contribution in [0.1, 0.15) is 0 Å². The molecule has 9 aromatic rings. The summed E-state index contributed by atoms with van der Waals surface area (Å²) in [7, 11) is 0. The van der Waals surface area contributed by atoms with Crippen molar-refractivity contribution >= 4 is 70.4 Å². The molecule has 4 aromatic heterocycles. The highest BCUT2D eigenvalue weighted by Crippen LogP contribution is 2.51. The van der Waals surface area contributed by atoms with Crippen LogP contribution in [0.4, 0.5) is 17.1 Å². The minimum atomic E-state index is 1.08. The van der Waals surface area contributed by atoms with Gasteiger partial charge < -0.3 is 9.47 Å². The summed E-state index contributed by atoms with van der Waals surface area (Å²) in [6, 6.07) is 44.1. The zero-order valence-corrected chi connectivity index (χ0v) is 24.9. The maximum absolute atomic E-state index is 4.44. The van der Waals surface area contributed by atoms with Gasteiger partial charge in [0.05, 0.1) is 28.1 Å². The molecule has 4 nitrogen and oxygen atoms in total. The van der Waals surface area contributed by atoms with E-state index in [0.717, 1.165) is 39.3 Å². The average molecular weight is 593 g/mol. The Morgan fingerprint density at radius 2 is 1.16 bits per heavy atom. The first-order valence-corrected chi connectivity index (χ1v) is 15.9. The Balaban J connectivity index is 1.29. The van der Waals surface area contributed by atoms with Gasteiger partial charge in [0.15, 0.2) is 0 Å². The lowest BCUT2D eigenvalue weighted by atomic mass is 9.98. The van der Waals surface area contributed by atoms with Gasteiger partial charge in [-0.05, 0) is 77.9 Å². The summed E-state index contributed by atoms with van der Waals surface area (Å²) < 4.78 is 5.12. The Labute approximate surface area is 263 Å². The molecular weight excluding hydrogens is 569 g/mol. The first-order chi connectivity index (χ1) is 22.3. The number of anilines is 3. The van der Waals surface area contributed by atoms with Crippen LogP contribution in [0.5, 0.6) is 0 Å². The number of hydrogen-bond donors (Lipinski definition) is 0. The number of nitrogens with zero attached hydrogens (tertiary/aromatic N) is 4. The van der Waals surface area contributed by atoms with Gasteiger partial charge in [-0.15, -0.1) is 11.3 Å². The summed E-state index contributed by atoms with van der Waals surface area (Å²) in [5.74, 6) is 0. The molecule has 0 fully saturated rings. The second-order valence-electron chi connectivity index (χ2n) is 11.5. The van der Waals surface area contributed by atoms with Crippen molar-refractivity contribution in [2.24, 2.45) is 0 Å². The zero-order valence-electron chi connectivity index (χ0n) is 24.1. The van der Waals surface area contributed by atoms with Gasteiger partial charge in [0.25, 0.3) is 0 Å². The quantitative estimate of drug-likeness (QED) is 0.205. The Bertz CT molecular complexity index is 2540. The normalized spacial score (nSPS) is 12.4. The van der Waals surface area contributed by atoms with Crippen LogP contribution in [0.3, 0.4) is 0 Å². The average Bonchev–Trinajstić information content (AvgIpc) is 3.64. The Morgan fingerprint density at radius 1 is 0.467 bits per heavy atom. The number of thiophene rings is 1. The van der Waals surface area contributed by atoms with Crippen molar-refractivity contribution in [3.8, 4) is 27.9 Å². The van der Waals surface area contributed by atoms with Crippen molar-refractivity contribution < 1.29 is 0 Å². The van der Waals surface area contributed by atoms with Gasteiger partial charge in [-0.1, -0.05) is 54.6 Å². The molecule has 5 heterocycles. The van der Waals surface area contributed by atoms with Crippen molar-refractivity contribution in [2.75, 3.05) is 4.90 Å². The third-order valence-corrected chi connectivity index (χ3v) is 10.2. The van der Waals surface area contributed by atoms with Gasteiger partial charge in [0.1, 0.15) is 0 Å². The van der Waals surface area contributed by atoms with Crippen molar-refractivity contribution in [1.82, 2.24) is 14.5 Å². The lowest BCUT2D eigenvalue weighted by molar-refractivity contribution is 1.11. The summed E-state index contributed by atoms with van der Waals surface area (Å²) in [4.78, 5) is 11.3. The fraction of sp³-hybridized carbons (Fsp3) is 0. The molecule has 0 spiro atoms. The third kappa shape index (κ3) is 3.59. The van der Waals surface area contributed by atoms with Gasteiger partial charge in [0, 0.05) is 72.5 Å². The highest BCUT2D eigenvalue weighted by atomic mass is 32.1. The molecule has 1 aliphatic heterocycles. The van der Waals surface area contributed by atoms with Crippen molar-refractivity contribution in [2.45, 2.75) is 0 Å². The van der Waals surface area contributed by atoms with Crippen LogP contribution < -0.4 is 4.90 Å². The first kappa shape index (κ1) is 24.6. The molecule has 5 aromatic carbocycles. The minimum Gasteiger partial charge on any atom is -0.306 e. The highest BCUT2D eigenvalue weighted by Gasteiger charge is 2.29. The second-order valence-corrected chi connectivity index (χ2v) is 12.6. The number of rotatable bonds is 3. The molecule has 0 aliphatic carbocycles. The van der Waals surface area contributed by atoms with Gasteiger partial charge in [-0.3, -0.25) is 9.97 Å². The standard InChI is InChI=1S/C40H24N4S/c1-4-15-38-30(10-1)33-21-32-31-11-5-14-36-40(31)44(37(32)22-39(33)45-38)35-13-3-2-12-34(35)43(36)29-19-27(25-8-6-16-41-23-25)18-28(20-29)26-9-7-17-42-24-26/h1-24H. The lowest BCUT2D eigenvalue weighted by Crippen LogP contribution is -2.18. The number of benzene rings is 5. The van der Waals surface area contributed by atoms with E-state index in [1.54, 1.807) is 0 Å². The molecule has 10 rings (SSSR count). The zero-order chi connectivity index (χ0) is 29.5. The molecule has 0 saturated carbocycles. The Kier molecular flexibility index (Phi) is 5.12. The predicted octanol–water partition coefficient (Wildman–Crippen LogP) is 11.1. The lowest BCUT2D eigenvalue weighted by Gasteiger charge is -2.33. The highest BCUT2D eigenvalue weighted by molar-refractivity contribution is 7.25. The molecule has 0 saturated heterocycles. The fourth-order valence-electron chi connectivity index (χ4n) is 7.09. The summed E-state index contributed by atoms with van der Waals surface area (Å²) in [5, 5.41) is 5.18. The van der Waals surface area contributed by atoms with E-state index < -0.39 is 0 Å². The summed E-state index contributed by atoms with van der Waals surface area (Å²) in [5.41, 5.74) is 11.4. The van der Waals surface area contributed by atoms with E-state index in [-0.39, 0.29) is 0 Å². The SMILES string of the molecule is c1cncc(-c2cc(-c3cccnc3)cc(N3c4ccccc4-n4c5cc6sc7ccccc7c6cc5c5cccc3c54)c2)c1. The monoisotopic (exact) mass is 592 g/mol. The maximum Gasteiger partial charge on any atom is 0.0783 e. The van der Waals surface area contributed by atoms with E-state index in [4.69, 9.17) is 0 Å². The van der Waals surface area contributed by atoms with Crippen LogP contribution in [0.2, 0.25) is 0 Å². The van der Waals surface area contributed by atoms with E-state index in [2.05, 4.69) is 129 Å². The number of pyridine rings is 2. The minimum absolute atomic E-state index is 1.08. The van der Waals surface area contributed by atoms with Crippen molar-refractivity contribution in [3.63, 3.8) is 0 Å². The number of hydrogen-bond acceptors (Lipinski definition) is 4. The molecule has 210 valence electrons. The van der Waals surface area contributed by atoms with Crippen LogP contribution in [-0.2, 0) is 0 Å². The molecule has 0 N–H and O–H groups in total. The summed E-state index contributed by atoms with van der Waals surface area (Å²) >= 11 is 1.87. The van der Waals surface area contributed by atoms with E-state index in [1.807, 2.05) is 48.3 Å². The topological polar surface area (TPSA) is 34.0 Å². The van der Waals surface area contributed by atoms with E-state index in [9.17, 15) is 0 Å². The van der Waals surface area contributed by atoms with Crippen molar-refractivity contribution in [3.05, 3.63) is 146 Å². The number of aromatic nitrogens is 3. The fourth-order valence-corrected chi connectivity index (χ4v) is 8.21. The molecule has 0 unspecified atom stereocenters. The van der Waals surface area contributed by atoms with Crippen LogP contribution in [0.15, 0.2) is 146 Å². The Morgan fingerprint density at radius 3 is 1.91 bits per heavy atom. The molecular formula is C40H24N4S. The van der Waals surface area contributed by atoms with E-state index in [0.29, 0.717) is 0 Å².